The van der Waals surface area contributed by atoms with Crippen molar-refractivity contribution in [2.75, 3.05) is 10.2 Å². The predicted octanol–water partition coefficient (Wildman–Crippen LogP) is 4.26. The van der Waals surface area contributed by atoms with Crippen molar-refractivity contribution in [2.45, 2.75) is 38.8 Å². The van der Waals surface area contributed by atoms with Crippen LogP contribution in [-0.4, -0.2) is 37.9 Å². The Labute approximate surface area is 184 Å². The number of aromatic amines is 1. The third-order valence-electron chi connectivity index (χ3n) is 6.11. The Hall–Kier alpha value is -3.81. The minimum absolute atomic E-state index is 0.0735. The van der Waals surface area contributed by atoms with Crippen LogP contribution in [0.15, 0.2) is 55.1 Å². The monoisotopic (exact) mass is 430 g/mol. The van der Waals surface area contributed by atoms with Gasteiger partial charge in [-0.15, -0.1) is 0 Å². The van der Waals surface area contributed by atoms with Crippen molar-refractivity contribution in [1.29, 1.82) is 0 Å². The van der Waals surface area contributed by atoms with Gasteiger partial charge in [0.15, 0.2) is 11.5 Å². The summed E-state index contributed by atoms with van der Waals surface area (Å²) in [5.74, 6) is 0.232. The van der Waals surface area contributed by atoms with Gasteiger partial charge in [-0.25, -0.2) is 19.3 Å². The molecule has 8 heteroatoms. The van der Waals surface area contributed by atoms with Crippen molar-refractivity contribution in [3.05, 3.63) is 77.6 Å². The van der Waals surface area contributed by atoms with Gasteiger partial charge < -0.3 is 15.2 Å². The highest BCUT2D eigenvalue weighted by Gasteiger charge is 2.38. The molecule has 4 aromatic rings. The van der Waals surface area contributed by atoms with Gasteiger partial charge in [0.2, 0.25) is 0 Å². The van der Waals surface area contributed by atoms with Crippen LogP contribution in [0.3, 0.4) is 0 Å². The number of hydrogen-bond donors (Lipinski definition) is 2. The molecule has 0 saturated heterocycles. The molecule has 3 heterocycles. The third kappa shape index (κ3) is 3.37. The molecule has 162 valence electrons. The van der Waals surface area contributed by atoms with Gasteiger partial charge in [0.1, 0.15) is 17.7 Å². The maximum absolute atomic E-state index is 13.7. The molecule has 0 radical (unpaired) electrons. The number of benzene rings is 2. The molecule has 2 unspecified atom stereocenters. The van der Waals surface area contributed by atoms with Crippen LogP contribution >= 0.6 is 0 Å². The molecule has 1 amide bonds. The SMILES string of the molecule is CCC(Nc1ncnc2nc[nH]c12)C1Cc2cccc(C)c2C(=O)N1c1ccc(F)cc1. The number of fused-ring (bicyclic) bond motifs is 2. The van der Waals surface area contributed by atoms with Crippen LogP contribution in [0.25, 0.3) is 11.2 Å². The second-order valence-corrected chi connectivity index (χ2v) is 8.01. The zero-order chi connectivity index (χ0) is 22.2. The van der Waals surface area contributed by atoms with Crippen molar-refractivity contribution in [3.8, 4) is 0 Å². The van der Waals surface area contributed by atoms with Gasteiger partial charge in [0, 0.05) is 17.3 Å². The van der Waals surface area contributed by atoms with E-state index in [1.165, 1.54) is 18.5 Å². The van der Waals surface area contributed by atoms with Crippen molar-refractivity contribution in [2.24, 2.45) is 0 Å². The molecular formula is C24H23FN6O. The van der Waals surface area contributed by atoms with Crippen molar-refractivity contribution in [3.63, 3.8) is 0 Å². The first-order chi connectivity index (χ1) is 15.6. The number of imidazole rings is 1. The number of H-pyrrole nitrogens is 1. The lowest BCUT2D eigenvalue weighted by Gasteiger charge is -2.41. The van der Waals surface area contributed by atoms with E-state index >= 15 is 0 Å². The number of hydrogen-bond acceptors (Lipinski definition) is 5. The van der Waals surface area contributed by atoms with Crippen LogP contribution in [0.5, 0.6) is 0 Å². The predicted molar refractivity (Wildman–Crippen MR) is 121 cm³/mol. The van der Waals surface area contributed by atoms with Crippen LogP contribution < -0.4 is 10.2 Å². The summed E-state index contributed by atoms with van der Waals surface area (Å²) >= 11 is 0. The number of carbonyl (C=O) groups is 1. The molecule has 1 aliphatic heterocycles. The molecular weight excluding hydrogens is 407 g/mol. The Morgan fingerprint density at radius 3 is 2.78 bits per heavy atom. The minimum atomic E-state index is -0.334. The first-order valence-electron chi connectivity index (χ1n) is 10.6. The van der Waals surface area contributed by atoms with Crippen LogP contribution in [0, 0.1) is 12.7 Å². The van der Waals surface area contributed by atoms with Crippen molar-refractivity contribution < 1.29 is 9.18 Å². The molecule has 0 spiro atoms. The minimum Gasteiger partial charge on any atom is -0.363 e. The molecule has 2 aromatic carbocycles. The molecule has 2 atom stereocenters. The number of carbonyl (C=O) groups excluding carboxylic acids is 1. The highest BCUT2D eigenvalue weighted by molar-refractivity contribution is 6.09. The Kier molecular flexibility index (Phi) is 5.05. The fourth-order valence-electron chi connectivity index (χ4n) is 4.55. The largest absolute Gasteiger partial charge is 0.363 e. The lowest BCUT2D eigenvalue weighted by Crippen LogP contribution is -2.54. The lowest BCUT2D eigenvalue weighted by atomic mass is 9.86. The van der Waals surface area contributed by atoms with E-state index in [4.69, 9.17) is 0 Å². The van der Waals surface area contributed by atoms with Crippen LogP contribution in [0.2, 0.25) is 0 Å². The molecule has 7 nitrogen and oxygen atoms in total. The Balaban J connectivity index is 1.59. The maximum atomic E-state index is 13.7. The maximum Gasteiger partial charge on any atom is 0.259 e. The van der Waals surface area contributed by atoms with Crippen LogP contribution in [0.1, 0.15) is 34.8 Å². The van der Waals surface area contributed by atoms with E-state index in [1.807, 2.05) is 25.1 Å². The van der Waals surface area contributed by atoms with E-state index in [0.29, 0.717) is 23.6 Å². The normalized spacial score (nSPS) is 16.8. The van der Waals surface area contributed by atoms with E-state index in [-0.39, 0.29) is 23.8 Å². The fourth-order valence-corrected chi connectivity index (χ4v) is 4.55. The van der Waals surface area contributed by atoms with Gasteiger partial charge in [-0.05, 0) is 55.2 Å². The Bertz CT molecular complexity index is 1290. The van der Waals surface area contributed by atoms with Crippen molar-refractivity contribution in [1.82, 2.24) is 19.9 Å². The van der Waals surface area contributed by atoms with Crippen LogP contribution in [0.4, 0.5) is 15.9 Å². The lowest BCUT2D eigenvalue weighted by molar-refractivity contribution is 0.0963. The van der Waals surface area contributed by atoms with Gasteiger partial charge in [0.25, 0.3) is 5.91 Å². The first-order valence-corrected chi connectivity index (χ1v) is 10.6. The molecule has 0 bridgehead atoms. The van der Waals surface area contributed by atoms with E-state index in [2.05, 4.69) is 32.2 Å². The molecule has 32 heavy (non-hydrogen) atoms. The second-order valence-electron chi connectivity index (χ2n) is 8.01. The Morgan fingerprint density at radius 1 is 1.19 bits per heavy atom. The van der Waals surface area contributed by atoms with Gasteiger partial charge in [0.05, 0.1) is 12.4 Å². The van der Waals surface area contributed by atoms with Gasteiger partial charge in [-0.3, -0.25) is 4.79 Å². The number of amides is 1. The summed E-state index contributed by atoms with van der Waals surface area (Å²) in [5.41, 5.74) is 4.65. The molecule has 0 aliphatic carbocycles. The number of aromatic nitrogens is 4. The van der Waals surface area contributed by atoms with Gasteiger partial charge in [-0.2, -0.15) is 0 Å². The zero-order valence-corrected chi connectivity index (χ0v) is 17.8. The van der Waals surface area contributed by atoms with E-state index in [1.54, 1.807) is 23.4 Å². The summed E-state index contributed by atoms with van der Waals surface area (Å²) in [6, 6.07) is 11.7. The van der Waals surface area contributed by atoms with E-state index in [9.17, 15) is 9.18 Å². The quantitative estimate of drug-likeness (QED) is 0.494. The summed E-state index contributed by atoms with van der Waals surface area (Å²) in [5, 5.41) is 3.51. The summed E-state index contributed by atoms with van der Waals surface area (Å²) in [4.78, 5) is 31.4. The summed E-state index contributed by atoms with van der Waals surface area (Å²) in [6.45, 7) is 4.02. The van der Waals surface area contributed by atoms with Crippen molar-refractivity contribution >= 4 is 28.6 Å². The van der Waals surface area contributed by atoms with Gasteiger partial charge >= 0.3 is 0 Å². The number of nitrogens with one attached hydrogen (secondary N) is 2. The average molecular weight is 430 g/mol. The number of aryl methyl sites for hydroxylation is 1. The topological polar surface area (TPSA) is 86.8 Å². The summed E-state index contributed by atoms with van der Waals surface area (Å²) in [6.07, 6.45) is 4.47. The highest BCUT2D eigenvalue weighted by Crippen LogP contribution is 2.33. The average Bonchev–Trinajstić information content (AvgIpc) is 3.28. The van der Waals surface area contributed by atoms with E-state index < -0.39 is 0 Å². The molecule has 2 N–H and O–H groups in total. The summed E-state index contributed by atoms with van der Waals surface area (Å²) < 4.78 is 13.6. The van der Waals surface area contributed by atoms with Gasteiger partial charge in [-0.1, -0.05) is 25.1 Å². The number of nitrogens with zero attached hydrogens (tertiary/aromatic N) is 4. The molecule has 0 fully saturated rings. The molecule has 0 saturated carbocycles. The highest BCUT2D eigenvalue weighted by atomic mass is 19.1. The van der Waals surface area contributed by atoms with Crippen LogP contribution in [-0.2, 0) is 6.42 Å². The number of rotatable bonds is 5. The molecule has 1 aliphatic rings. The standard InChI is InChI=1S/C24H23FN6O/c1-3-18(30-23-21-22(27-12-26-21)28-13-29-23)19-11-15-6-4-5-14(2)20(15)24(32)31(19)17-9-7-16(25)8-10-17/h4-10,12-13,18-19H,3,11H2,1-2H3,(H2,26,27,28,29,30). The molecule has 5 rings (SSSR count). The first kappa shape index (κ1) is 20.1. The van der Waals surface area contributed by atoms with E-state index in [0.717, 1.165) is 28.6 Å². The second kappa shape index (κ2) is 8.03. The fraction of sp³-hybridized carbons (Fsp3) is 0.250. The smallest absolute Gasteiger partial charge is 0.259 e. The number of halogens is 1. The summed E-state index contributed by atoms with van der Waals surface area (Å²) in [7, 11) is 0. The number of anilines is 2. The third-order valence-corrected chi connectivity index (χ3v) is 6.11. The zero-order valence-electron chi connectivity index (χ0n) is 17.8. The Morgan fingerprint density at radius 2 is 2.00 bits per heavy atom. The molecule has 2 aromatic heterocycles.